The zero-order chi connectivity index (χ0) is 14.4. The van der Waals surface area contributed by atoms with Crippen molar-refractivity contribution in [1.29, 1.82) is 0 Å². The molecule has 1 atom stereocenters. The van der Waals surface area contributed by atoms with Gasteiger partial charge in [0.1, 0.15) is 12.4 Å². The molecule has 1 fully saturated rings. The largest absolute Gasteiger partial charge is 0.375 e. The van der Waals surface area contributed by atoms with Crippen molar-refractivity contribution in [3.63, 3.8) is 0 Å². The van der Waals surface area contributed by atoms with Crippen LogP contribution in [-0.4, -0.2) is 37.6 Å². The fourth-order valence-corrected chi connectivity index (χ4v) is 2.76. The highest BCUT2D eigenvalue weighted by atomic mass is 19.1. The van der Waals surface area contributed by atoms with Crippen LogP contribution in [0.15, 0.2) is 24.3 Å². The molecule has 110 valence electrons. The molecule has 0 bridgehead atoms. The summed E-state index contributed by atoms with van der Waals surface area (Å²) >= 11 is 0. The van der Waals surface area contributed by atoms with Crippen molar-refractivity contribution in [3.8, 4) is 0 Å². The number of ether oxygens (including phenoxy) is 1. The van der Waals surface area contributed by atoms with Gasteiger partial charge in [-0.2, -0.15) is 0 Å². The lowest BCUT2D eigenvalue weighted by Gasteiger charge is -2.32. The van der Waals surface area contributed by atoms with E-state index in [2.05, 4.69) is 0 Å². The molecule has 0 aliphatic carbocycles. The Bertz CT molecular complexity index is 433. The molecule has 0 saturated carbocycles. The second-order valence-electron chi connectivity index (χ2n) is 5.45. The number of carbonyl (C=O) groups excluding carboxylic acids is 1. The second-order valence-corrected chi connectivity index (χ2v) is 5.45. The molecule has 1 aliphatic heterocycles. The van der Waals surface area contributed by atoms with Crippen LogP contribution in [0.5, 0.6) is 0 Å². The number of methoxy groups -OCH3 is 1. The minimum atomic E-state index is -0.192. The fourth-order valence-electron chi connectivity index (χ4n) is 2.76. The monoisotopic (exact) mass is 279 g/mol. The number of carbonyl (C=O) groups is 1. The molecule has 4 heteroatoms. The third-order valence-corrected chi connectivity index (χ3v) is 3.89. The van der Waals surface area contributed by atoms with Crippen LogP contribution >= 0.6 is 0 Å². The van der Waals surface area contributed by atoms with Gasteiger partial charge in [-0.1, -0.05) is 12.1 Å². The predicted molar refractivity (Wildman–Crippen MR) is 75.9 cm³/mol. The summed E-state index contributed by atoms with van der Waals surface area (Å²) in [6, 6.07) is 6.69. The second kappa shape index (κ2) is 7.39. The zero-order valence-electron chi connectivity index (χ0n) is 12.0. The Morgan fingerprint density at radius 3 is 2.85 bits per heavy atom. The van der Waals surface area contributed by atoms with Gasteiger partial charge in [-0.15, -0.1) is 0 Å². The van der Waals surface area contributed by atoms with Crippen molar-refractivity contribution >= 4 is 5.91 Å². The van der Waals surface area contributed by atoms with Crippen molar-refractivity contribution in [2.75, 3.05) is 26.8 Å². The first-order valence-electron chi connectivity index (χ1n) is 7.20. The summed E-state index contributed by atoms with van der Waals surface area (Å²) in [4.78, 5) is 13.7. The molecule has 1 amide bonds. The number of likely N-dealkylation sites (tertiary alicyclic amines) is 1. The van der Waals surface area contributed by atoms with Gasteiger partial charge in [0.05, 0.1) is 0 Å². The highest BCUT2D eigenvalue weighted by Gasteiger charge is 2.23. The van der Waals surface area contributed by atoms with E-state index < -0.39 is 0 Å². The molecule has 2 rings (SSSR count). The Balaban J connectivity index is 1.80. The summed E-state index contributed by atoms with van der Waals surface area (Å²) in [5.41, 5.74) is 1.16. The molecule has 1 aromatic rings. The third kappa shape index (κ3) is 4.30. The molecular weight excluding hydrogens is 257 g/mol. The number of hydrogen-bond acceptors (Lipinski definition) is 2. The summed E-state index contributed by atoms with van der Waals surface area (Å²) < 4.78 is 17.7. The molecule has 0 aromatic heterocycles. The van der Waals surface area contributed by atoms with Crippen molar-refractivity contribution in [1.82, 2.24) is 4.90 Å². The molecule has 0 N–H and O–H groups in total. The van der Waals surface area contributed by atoms with Gasteiger partial charge in [-0.05, 0) is 49.3 Å². The van der Waals surface area contributed by atoms with E-state index in [4.69, 9.17) is 4.74 Å². The van der Waals surface area contributed by atoms with E-state index in [0.29, 0.717) is 5.92 Å². The quantitative estimate of drug-likeness (QED) is 0.829. The minimum Gasteiger partial charge on any atom is -0.375 e. The number of amides is 1. The Morgan fingerprint density at radius 1 is 1.40 bits per heavy atom. The number of rotatable bonds is 5. The number of piperidine rings is 1. The number of halogens is 1. The van der Waals surface area contributed by atoms with Crippen molar-refractivity contribution in [2.24, 2.45) is 5.92 Å². The van der Waals surface area contributed by atoms with Gasteiger partial charge in [0, 0.05) is 20.2 Å². The first-order chi connectivity index (χ1) is 9.69. The van der Waals surface area contributed by atoms with Crippen LogP contribution in [0.4, 0.5) is 4.39 Å². The molecule has 1 aliphatic rings. The van der Waals surface area contributed by atoms with Gasteiger partial charge in [0.2, 0.25) is 5.91 Å². The van der Waals surface area contributed by atoms with E-state index >= 15 is 0 Å². The van der Waals surface area contributed by atoms with E-state index in [1.807, 2.05) is 17.0 Å². The average Bonchev–Trinajstić information content (AvgIpc) is 2.47. The maximum Gasteiger partial charge on any atom is 0.248 e. The smallest absolute Gasteiger partial charge is 0.248 e. The Hall–Kier alpha value is -1.42. The van der Waals surface area contributed by atoms with Crippen LogP contribution < -0.4 is 0 Å². The zero-order valence-corrected chi connectivity index (χ0v) is 12.0. The molecular formula is C16H22FNO2. The Labute approximate surface area is 119 Å². The number of nitrogens with zero attached hydrogens (tertiary/aromatic N) is 1. The molecule has 1 heterocycles. The summed E-state index contributed by atoms with van der Waals surface area (Å²) in [6.45, 7) is 1.84. The fraction of sp³-hybridized carbons (Fsp3) is 0.562. The van der Waals surface area contributed by atoms with Gasteiger partial charge in [-0.3, -0.25) is 4.79 Å². The first kappa shape index (κ1) is 15.0. The normalized spacial score (nSPS) is 19.1. The van der Waals surface area contributed by atoms with Crippen LogP contribution in [0.2, 0.25) is 0 Å². The Morgan fingerprint density at radius 2 is 2.15 bits per heavy atom. The highest BCUT2D eigenvalue weighted by Crippen LogP contribution is 2.21. The number of benzene rings is 1. The van der Waals surface area contributed by atoms with Crippen LogP contribution in [-0.2, 0) is 16.0 Å². The van der Waals surface area contributed by atoms with Crippen molar-refractivity contribution < 1.29 is 13.9 Å². The number of hydrogen-bond donors (Lipinski definition) is 0. The van der Waals surface area contributed by atoms with Gasteiger partial charge in [0.15, 0.2) is 0 Å². The average molecular weight is 279 g/mol. The number of aryl methyl sites for hydroxylation is 1. The molecule has 1 saturated heterocycles. The predicted octanol–water partition coefficient (Wildman–Crippen LogP) is 2.64. The first-order valence-corrected chi connectivity index (χ1v) is 7.20. The van der Waals surface area contributed by atoms with E-state index in [9.17, 15) is 9.18 Å². The molecule has 20 heavy (non-hydrogen) atoms. The van der Waals surface area contributed by atoms with E-state index in [1.165, 1.54) is 12.1 Å². The van der Waals surface area contributed by atoms with Gasteiger partial charge < -0.3 is 9.64 Å². The lowest BCUT2D eigenvalue weighted by atomic mass is 9.91. The van der Waals surface area contributed by atoms with E-state index in [0.717, 1.165) is 44.3 Å². The Kier molecular flexibility index (Phi) is 5.53. The van der Waals surface area contributed by atoms with Crippen LogP contribution in [0, 0.1) is 11.7 Å². The summed E-state index contributed by atoms with van der Waals surface area (Å²) in [5, 5.41) is 0. The molecule has 0 unspecified atom stereocenters. The maximum atomic E-state index is 12.8. The lowest BCUT2D eigenvalue weighted by molar-refractivity contribution is -0.137. The standard InChI is InChI=1S/C16H22FNO2/c1-20-12-16(19)18-10-2-3-14(11-18)5-4-13-6-8-15(17)9-7-13/h6-9,14H,2-5,10-12H2,1H3/t14-/m0/s1. The van der Waals surface area contributed by atoms with E-state index in [-0.39, 0.29) is 18.3 Å². The summed E-state index contributed by atoms with van der Waals surface area (Å²) in [5.74, 6) is 0.427. The van der Waals surface area contributed by atoms with Crippen molar-refractivity contribution in [2.45, 2.75) is 25.7 Å². The highest BCUT2D eigenvalue weighted by molar-refractivity contribution is 5.77. The molecule has 0 spiro atoms. The minimum absolute atomic E-state index is 0.0824. The van der Waals surface area contributed by atoms with Gasteiger partial charge in [-0.25, -0.2) is 4.39 Å². The van der Waals surface area contributed by atoms with E-state index in [1.54, 1.807) is 7.11 Å². The van der Waals surface area contributed by atoms with Gasteiger partial charge in [0.25, 0.3) is 0 Å². The van der Waals surface area contributed by atoms with Crippen LogP contribution in [0.1, 0.15) is 24.8 Å². The molecule has 1 aromatic carbocycles. The van der Waals surface area contributed by atoms with Crippen LogP contribution in [0.3, 0.4) is 0 Å². The summed E-state index contributed by atoms with van der Waals surface area (Å²) in [6.07, 6.45) is 4.21. The topological polar surface area (TPSA) is 29.5 Å². The van der Waals surface area contributed by atoms with Crippen LogP contribution in [0.25, 0.3) is 0 Å². The van der Waals surface area contributed by atoms with Crippen molar-refractivity contribution in [3.05, 3.63) is 35.6 Å². The third-order valence-electron chi connectivity index (χ3n) is 3.89. The maximum absolute atomic E-state index is 12.8. The SMILES string of the molecule is COCC(=O)N1CCC[C@@H](CCc2ccc(F)cc2)C1. The lowest BCUT2D eigenvalue weighted by Crippen LogP contribution is -2.41. The van der Waals surface area contributed by atoms with Gasteiger partial charge >= 0.3 is 0 Å². The summed E-state index contributed by atoms with van der Waals surface area (Å²) in [7, 11) is 1.55. The molecule has 0 radical (unpaired) electrons. The molecule has 3 nitrogen and oxygen atoms in total.